The molecule has 1 fully saturated rings. The Morgan fingerprint density at radius 1 is 0.947 bits per heavy atom. The summed E-state index contributed by atoms with van der Waals surface area (Å²) in [6, 6.07) is 12.6. The molecule has 2 unspecified atom stereocenters. The van der Waals surface area contributed by atoms with E-state index in [4.69, 9.17) is 5.73 Å². The SMILES string of the molecule is CCCCN(C(=O)[C@H](Cc1ccccc1)N1C(=O)c2ccccc2C1=O)C1C(=O)NC(=O)N(CCC)C1N. The summed E-state index contributed by atoms with van der Waals surface area (Å²) in [5.41, 5.74) is 7.64. The minimum absolute atomic E-state index is 0.0644. The zero-order valence-corrected chi connectivity index (χ0v) is 21.6. The molecule has 0 aromatic heterocycles. The van der Waals surface area contributed by atoms with Crippen molar-refractivity contribution in [2.24, 2.45) is 5.73 Å². The molecule has 1 saturated heterocycles. The lowest BCUT2D eigenvalue weighted by molar-refractivity contribution is -0.147. The average Bonchev–Trinajstić information content (AvgIpc) is 3.16. The van der Waals surface area contributed by atoms with Crippen LogP contribution in [0.25, 0.3) is 0 Å². The van der Waals surface area contributed by atoms with E-state index in [0.29, 0.717) is 19.4 Å². The second kappa shape index (κ2) is 11.6. The largest absolute Gasteiger partial charge is 0.325 e. The van der Waals surface area contributed by atoms with E-state index < -0.39 is 47.9 Å². The molecular formula is C28H33N5O5. The van der Waals surface area contributed by atoms with Crippen molar-refractivity contribution in [2.75, 3.05) is 13.1 Å². The van der Waals surface area contributed by atoms with Crippen molar-refractivity contribution >= 4 is 29.7 Å². The molecule has 0 bridgehead atoms. The van der Waals surface area contributed by atoms with E-state index in [1.165, 1.54) is 9.80 Å². The van der Waals surface area contributed by atoms with Gasteiger partial charge in [0.1, 0.15) is 18.2 Å². The number of nitrogens with one attached hydrogen (secondary N) is 1. The van der Waals surface area contributed by atoms with Gasteiger partial charge in [-0.2, -0.15) is 0 Å². The van der Waals surface area contributed by atoms with Crippen LogP contribution in [0.15, 0.2) is 54.6 Å². The van der Waals surface area contributed by atoms with E-state index in [1.807, 2.05) is 44.2 Å². The molecule has 10 heteroatoms. The third-order valence-electron chi connectivity index (χ3n) is 6.97. The first-order valence-corrected chi connectivity index (χ1v) is 13.0. The maximum Gasteiger partial charge on any atom is 0.325 e. The van der Waals surface area contributed by atoms with Crippen LogP contribution in [-0.4, -0.2) is 75.7 Å². The Hall–Kier alpha value is -4.05. The molecule has 3 atom stereocenters. The molecule has 2 heterocycles. The van der Waals surface area contributed by atoms with Crippen LogP contribution < -0.4 is 11.1 Å². The van der Waals surface area contributed by atoms with E-state index in [2.05, 4.69) is 5.32 Å². The highest BCUT2D eigenvalue weighted by molar-refractivity contribution is 6.23. The normalized spacial score (nSPS) is 19.9. The van der Waals surface area contributed by atoms with Crippen LogP contribution in [0.5, 0.6) is 0 Å². The fourth-order valence-electron chi connectivity index (χ4n) is 5.05. The van der Waals surface area contributed by atoms with Crippen LogP contribution in [-0.2, 0) is 16.0 Å². The van der Waals surface area contributed by atoms with Crippen molar-refractivity contribution in [1.82, 2.24) is 20.0 Å². The van der Waals surface area contributed by atoms with Crippen LogP contribution in [0.3, 0.4) is 0 Å². The molecule has 0 radical (unpaired) electrons. The summed E-state index contributed by atoms with van der Waals surface area (Å²) in [5.74, 6) is -2.37. The van der Waals surface area contributed by atoms with Gasteiger partial charge in [-0.05, 0) is 30.5 Å². The second-order valence-electron chi connectivity index (χ2n) is 9.54. The summed E-state index contributed by atoms with van der Waals surface area (Å²) in [5, 5.41) is 2.32. The predicted octanol–water partition coefficient (Wildman–Crippen LogP) is 2.14. The van der Waals surface area contributed by atoms with E-state index >= 15 is 0 Å². The number of unbranched alkanes of at least 4 members (excludes halogenated alkanes) is 1. The van der Waals surface area contributed by atoms with E-state index in [0.717, 1.165) is 16.9 Å². The zero-order valence-electron chi connectivity index (χ0n) is 21.6. The first kappa shape index (κ1) is 27.0. The number of amides is 6. The van der Waals surface area contributed by atoms with E-state index in [-0.39, 0.29) is 24.1 Å². The number of carbonyl (C=O) groups is 5. The van der Waals surface area contributed by atoms with Crippen molar-refractivity contribution in [3.8, 4) is 0 Å². The molecular weight excluding hydrogens is 486 g/mol. The van der Waals surface area contributed by atoms with Crippen molar-refractivity contribution in [3.05, 3.63) is 71.3 Å². The molecule has 6 amide bonds. The number of carbonyl (C=O) groups excluding carboxylic acids is 5. The Morgan fingerprint density at radius 2 is 1.55 bits per heavy atom. The van der Waals surface area contributed by atoms with Gasteiger partial charge in [-0.15, -0.1) is 0 Å². The summed E-state index contributed by atoms with van der Waals surface area (Å²) in [6.07, 6.45) is 0.883. The average molecular weight is 520 g/mol. The van der Waals surface area contributed by atoms with Crippen LogP contribution >= 0.6 is 0 Å². The van der Waals surface area contributed by atoms with Crippen LogP contribution in [0.2, 0.25) is 0 Å². The van der Waals surface area contributed by atoms with Gasteiger partial charge in [-0.25, -0.2) is 4.79 Å². The fourth-order valence-corrected chi connectivity index (χ4v) is 5.05. The number of hydrogen-bond donors (Lipinski definition) is 2. The van der Waals surface area contributed by atoms with Gasteiger partial charge in [0.05, 0.1) is 11.1 Å². The Kier molecular flexibility index (Phi) is 8.21. The summed E-state index contributed by atoms with van der Waals surface area (Å²) >= 11 is 0. The minimum atomic E-state index is -1.21. The van der Waals surface area contributed by atoms with Gasteiger partial charge in [0.2, 0.25) is 5.91 Å². The molecule has 4 rings (SSSR count). The highest BCUT2D eigenvalue weighted by atomic mass is 16.2. The highest BCUT2D eigenvalue weighted by Gasteiger charge is 2.49. The zero-order chi connectivity index (χ0) is 27.4. The first-order chi connectivity index (χ1) is 18.3. The van der Waals surface area contributed by atoms with Crippen LogP contribution in [0.1, 0.15) is 59.4 Å². The number of benzene rings is 2. The number of urea groups is 1. The monoisotopic (exact) mass is 519 g/mol. The topological polar surface area (TPSA) is 133 Å². The molecule has 0 saturated carbocycles. The molecule has 200 valence electrons. The van der Waals surface area contributed by atoms with Gasteiger partial charge < -0.3 is 15.5 Å². The second-order valence-corrected chi connectivity index (χ2v) is 9.54. The van der Waals surface area contributed by atoms with Gasteiger partial charge in [0, 0.05) is 19.5 Å². The van der Waals surface area contributed by atoms with Gasteiger partial charge in [-0.1, -0.05) is 62.7 Å². The van der Waals surface area contributed by atoms with Crippen molar-refractivity contribution < 1.29 is 24.0 Å². The number of rotatable bonds is 10. The summed E-state index contributed by atoms with van der Waals surface area (Å²) in [7, 11) is 0. The molecule has 3 N–H and O–H groups in total. The fraction of sp³-hybridized carbons (Fsp3) is 0.393. The summed E-state index contributed by atoms with van der Waals surface area (Å²) < 4.78 is 0. The molecule has 2 aromatic rings. The third kappa shape index (κ3) is 5.04. The molecule has 0 spiro atoms. The lowest BCUT2D eigenvalue weighted by Gasteiger charge is -2.44. The molecule has 10 nitrogen and oxygen atoms in total. The van der Waals surface area contributed by atoms with Crippen molar-refractivity contribution in [3.63, 3.8) is 0 Å². The summed E-state index contributed by atoms with van der Waals surface area (Å²) in [6.45, 7) is 4.30. The number of fused-ring (bicyclic) bond motifs is 1. The number of hydrogen-bond acceptors (Lipinski definition) is 6. The van der Waals surface area contributed by atoms with Gasteiger partial charge in [-0.3, -0.25) is 29.4 Å². The first-order valence-electron chi connectivity index (χ1n) is 13.0. The Morgan fingerprint density at radius 3 is 2.13 bits per heavy atom. The van der Waals surface area contributed by atoms with Crippen LogP contribution in [0, 0.1) is 0 Å². The molecule has 2 aliphatic heterocycles. The predicted molar refractivity (Wildman–Crippen MR) is 140 cm³/mol. The maximum atomic E-state index is 14.4. The Balaban J connectivity index is 1.75. The number of imide groups is 2. The van der Waals surface area contributed by atoms with E-state index in [9.17, 15) is 24.0 Å². The molecule has 2 aromatic carbocycles. The smallest absolute Gasteiger partial charge is 0.325 e. The summed E-state index contributed by atoms with van der Waals surface area (Å²) in [4.78, 5) is 70.5. The van der Waals surface area contributed by atoms with Crippen molar-refractivity contribution in [2.45, 2.75) is 57.8 Å². The quantitative estimate of drug-likeness (QED) is 0.462. The van der Waals surface area contributed by atoms with Gasteiger partial charge in [0.25, 0.3) is 17.7 Å². The molecule has 0 aliphatic carbocycles. The Bertz CT molecular complexity index is 1200. The third-order valence-corrected chi connectivity index (χ3v) is 6.97. The maximum absolute atomic E-state index is 14.4. The highest BCUT2D eigenvalue weighted by Crippen LogP contribution is 2.28. The lowest BCUT2D eigenvalue weighted by Crippen LogP contribution is -2.72. The standard InChI is InChI=1S/C28H33N5O5/c1-3-5-16-31(22-23(29)32(15-4-2)28(38)30-24(22)34)27(37)21(17-18-11-7-6-8-12-18)33-25(35)19-13-9-10-14-20(19)26(33)36/h6-14,21-23H,3-5,15-17,29H2,1-2H3,(H,30,34,38)/t21-,22?,23?/m0/s1. The van der Waals surface area contributed by atoms with E-state index in [1.54, 1.807) is 24.3 Å². The number of nitrogens with two attached hydrogens (primary N) is 1. The molecule has 2 aliphatic rings. The van der Waals surface area contributed by atoms with Gasteiger partial charge >= 0.3 is 6.03 Å². The van der Waals surface area contributed by atoms with Crippen molar-refractivity contribution in [1.29, 1.82) is 0 Å². The Labute approximate surface area is 221 Å². The molecule has 38 heavy (non-hydrogen) atoms. The number of nitrogens with zero attached hydrogens (tertiary/aromatic N) is 3. The van der Waals surface area contributed by atoms with Crippen LogP contribution in [0.4, 0.5) is 4.79 Å². The van der Waals surface area contributed by atoms with Gasteiger partial charge in [0.15, 0.2) is 0 Å². The minimum Gasteiger partial charge on any atom is -0.325 e. The lowest BCUT2D eigenvalue weighted by atomic mass is 10.00.